The topological polar surface area (TPSA) is 66.1 Å². The normalized spacial score (nSPS) is 10.7. The van der Waals surface area contributed by atoms with Crippen molar-refractivity contribution >= 4 is 27.3 Å². The first-order valence-corrected chi connectivity index (χ1v) is 10.6. The van der Waals surface area contributed by atoms with Crippen LogP contribution in [0.25, 0.3) is 10.2 Å². The van der Waals surface area contributed by atoms with Crippen LogP contribution in [0.3, 0.4) is 0 Å². The molecule has 0 amide bonds. The summed E-state index contributed by atoms with van der Waals surface area (Å²) >= 11 is 1.16. The van der Waals surface area contributed by atoms with Gasteiger partial charge in [-0.25, -0.2) is 4.68 Å². The van der Waals surface area contributed by atoms with E-state index in [4.69, 9.17) is 4.74 Å². The summed E-state index contributed by atoms with van der Waals surface area (Å²) in [6.07, 6.45) is 1.52. The fourth-order valence-corrected chi connectivity index (χ4v) is 4.46. The van der Waals surface area contributed by atoms with Gasteiger partial charge >= 0.3 is 4.87 Å². The maximum Gasteiger partial charge on any atom is 0.309 e. The van der Waals surface area contributed by atoms with Crippen molar-refractivity contribution in [3.63, 3.8) is 0 Å². The van der Waals surface area contributed by atoms with Crippen molar-refractivity contribution in [2.75, 3.05) is 0 Å². The highest BCUT2D eigenvalue weighted by molar-refractivity contribution is 7.16. The van der Waals surface area contributed by atoms with Gasteiger partial charge in [0.25, 0.3) is 0 Å². The van der Waals surface area contributed by atoms with Crippen LogP contribution >= 0.6 is 11.3 Å². The molecule has 7 heteroatoms. The van der Waals surface area contributed by atoms with Crippen molar-refractivity contribution in [1.82, 2.24) is 14.3 Å². The van der Waals surface area contributed by atoms with Gasteiger partial charge in [-0.15, -0.1) is 5.92 Å². The molecule has 0 aliphatic heterocycles. The molecule has 2 aromatic heterocycles. The van der Waals surface area contributed by atoms with Crippen LogP contribution < -0.4 is 9.61 Å². The SMILES string of the molecule is CC#CCn1c(=O)sc2ccc(C(=O)c3cnn(C)c3OCc3ccccc3)c(C)c21. The molecule has 0 spiro atoms. The first kappa shape index (κ1) is 20.6. The maximum atomic E-state index is 13.4. The lowest BCUT2D eigenvalue weighted by atomic mass is 10.00. The molecule has 0 saturated carbocycles. The van der Waals surface area contributed by atoms with Crippen LogP contribution in [-0.2, 0) is 20.2 Å². The third-order valence-corrected chi connectivity index (χ3v) is 6.03. The van der Waals surface area contributed by atoms with Crippen LogP contribution in [0.15, 0.2) is 53.5 Å². The monoisotopic (exact) mass is 431 g/mol. The van der Waals surface area contributed by atoms with Crippen molar-refractivity contribution in [1.29, 1.82) is 0 Å². The van der Waals surface area contributed by atoms with Gasteiger partial charge in [0.2, 0.25) is 5.88 Å². The van der Waals surface area contributed by atoms with E-state index in [9.17, 15) is 9.59 Å². The Balaban J connectivity index is 1.72. The van der Waals surface area contributed by atoms with Gasteiger partial charge in [0.05, 0.1) is 23.0 Å². The Hall–Kier alpha value is -3.63. The first-order chi connectivity index (χ1) is 15.0. The fourth-order valence-electron chi connectivity index (χ4n) is 3.51. The molecule has 2 aromatic carbocycles. The van der Waals surface area contributed by atoms with Gasteiger partial charge in [0.15, 0.2) is 5.78 Å². The number of thiazole rings is 1. The zero-order chi connectivity index (χ0) is 22.0. The van der Waals surface area contributed by atoms with Crippen LogP contribution in [0.2, 0.25) is 0 Å². The summed E-state index contributed by atoms with van der Waals surface area (Å²) < 4.78 is 9.97. The number of aromatic nitrogens is 3. The van der Waals surface area contributed by atoms with E-state index >= 15 is 0 Å². The molecule has 2 heterocycles. The minimum absolute atomic E-state index is 0.0845. The highest BCUT2D eigenvalue weighted by Gasteiger charge is 2.23. The van der Waals surface area contributed by atoms with Crippen LogP contribution in [-0.4, -0.2) is 20.1 Å². The van der Waals surface area contributed by atoms with E-state index in [1.54, 1.807) is 29.3 Å². The minimum Gasteiger partial charge on any atom is -0.472 e. The fraction of sp³-hybridized carbons (Fsp3) is 0.208. The van der Waals surface area contributed by atoms with Crippen molar-refractivity contribution in [2.24, 2.45) is 7.05 Å². The lowest BCUT2D eigenvalue weighted by molar-refractivity contribution is 0.103. The summed E-state index contributed by atoms with van der Waals surface area (Å²) in [6, 6.07) is 13.3. The lowest BCUT2D eigenvalue weighted by Crippen LogP contribution is -2.13. The summed E-state index contributed by atoms with van der Waals surface area (Å²) in [5.74, 6) is 5.97. The summed E-state index contributed by atoms with van der Waals surface area (Å²) in [6.45, 7) is 4.23. The van der Waals surface area contributed by atoms with Crippen LogP contribution in [0.5, 0.6) is 5.88 Å². The van der Waals surface area contributed by atoms with E-state index in [-0.39, 0.29) is 10.7 Å². The number of nitrogens with zero attached hydrogens (tertiary/aromatic N) is 3. The Labute approximate surface area is 183 Å². The molecule has 6 nitrogen and oxygen atoms in total. The third kappa shape index (κ3) is 3.90. The van der Waals surface area contributed by atoms with Crippen LogP contribution in [0.1, 0.15) is 34.0 Å². The predicted octanol–water partition coefficient (Wildman–Crippen LogP) is 3.94. The van der Waals surface area contributed by atoms with Crippen molar-refractivity contribution < 1.29 is 9.53 Å². The summed E-state index contributed by atoms with van der Waals surface area (Å²) in [7, 11) is 1.74. The Kier molecular flexibility index (Phi) is 5.74. The molecule has 156 valence electrons. The largest absolute Gasteiger partial charge is 0.472 e. The number of benzene rings is 2. The quantitative estimate of drug-likeness (QED) is 0.343. The smallest absolute Gasteiger partial charge is 0.309 e. The van der Waals surface area contributed by atoms with Crippen molar-refractivity contribution in [2.45, 2.75) is 27.0 Å². The third-order valence-electron chi connectivity index (χ3n) is 5.09. The number of ether oxygens (including phenoxy) is 1. The van der Waals surface area contributed by atoms with Gasteiger partial charge in [-0.3, -0.25) is 14.2 Å². The zero-order valence-electron chi connectivity index (χ0n) is 17.5. The number of fused-ring (bicyclic) bond motifs is 1. The maximum absolute atomic E-state index is 13.4. The van der Waals surface area contributed by atoms with Crippen LogP contribution in [0, 0.1) is 18.8 Å². The number of rotatable bonds is 6. The second-order valence-electron chi connectivity index (χ2n) is 7.06. The average molecular weight is 432 g/mol. The van der Waals surface area contributed by atoms with Crippen molar-refractivity contribution in [3.05, 3.63) is 80.6 Å². The molecule has 0 N–H and O–H groups in total. The Morgan fingerprint density at radius 3 is 2.68 bits per heavy atom. The molecule has 0 fully saturated rings. The van der Waals surface area contributed by atoms with Gasteiger partial charge in [0.1, 0.15) is 12.2 Å². The average Bonchev–Trinajstić information content (AvgIpc) is 3.30. The minimum atomic E-state index is -0.192. The molecule has 0 saturated heterocycles. The molecular weight excluding hydrogens is 410 g/mol. The molecule has 4 aromatic rings. The molecule has 0 aliphatic carbocycles. The summed E-state index contributed by atoms with van der Waals surface area (Å²) in [4.78, 5) is 25.8. The second-order valence-corrected chi connectivity index (χ2v) is 8.05. The highest BCUT2D eigenvalue weighted by Crippen LogP contribution is 2.28. The molecular formula is C24H21N3O3S. The van der Waals surface area contributed by atoms with Crippen molar-refractivity contribution in [3.8, 4) is 17.7 Å². The van der Waals surface area contributed by atoms with E-state index in [1.165, 1.54) is 6.20 Å². The van der Waals surface area contributed by atoms with E-state index in [0.29, 0.717) is 30.2 Å². The highest BCUT2D eigenvalue weighted by atomic mass is 32.1. The molecule has 0 aliphatic rings. The molecule has 4 rings (SSSR count). The Bertz CT molecular complexity index is 1380. The standard InChI is InChI=1S/C24H21N3O3S/c1-4-5-13-27-21-16(2)18(11-12-20(21)31-24(27)29)22(28)19-14-25-26(3)23(19)30-15-17-9-7-6-8-10-17/h6-12,14H,13,15H2,1-3H3. The number of carbonyl (C=O) groups excluding carboxylic acids is 1. The Morgan fingerprint density at radius 2 is 1.94 bits per heavy atom. The van der Waals surface area contributed by atoms with E-state index in [0.717, 1.165) is 32.7 Å². The van der Waals surface area contributed by atoms with E-state index in [1.807, 2.05) is 43.3 Å². The summed E-state index contributed by atoms with van der Waals surface area (Å²) in [5.41, 5.74) is 3.40. The number of aryl methyl sites for hydroxylation is 2. The van der Waals surface area contributed by atoms with E-state index < -0.39 is 0 Å². The number of carbonyl (C=O) groups is 1. The molecule has 0 unspecified atom stereocenters. The lowest BCUT2D eigenvalue weighted by Gasteiger charge is -2.11. The van der Waals surface area contributed by atoms with E-state index in [2.05, 4.69) is 16.9 Å². The first-order valence-electron chi connectivity index (χ1n) is 9.77. The van der Waals surface area contributed by atoms with Gasteiger partial charge in [-0.05, 0) is 37.1 Å². The number of hydrogen-bond donors (Lipinski definition) is 0. The number of hydrogen-bond acceptors (Lipinski definition) is 5. The predicted molar refractivity (Wildman–Crippen MR) is 122 cm³/mol. The number of ketones is 1. The molecule has 0 radical (unpaired) electrons. The van der Waals surface area contributed by atoms with Gasteiger partial charge < -0.3 is 4.74 Å². The van der Waals surface area contributed by atoms with Crippen LogP contribution in [0.4, 0.5) is 0 Å². The molecule has 0 bridgehead atoms. The Morgan fingerprint density at radius 1 is 1.16 bits per heavy atom. The molecule has 0 atom stereocenters. The molecule has 31 heavy (non-hydrogen) atoms. The second kappa shape index (κ2) is 8.62. The van der Waals surface area contributed by atoms with Gasteiger partial charge in [-0.1, -0.05) is 47.6 Å². The zero-order valence-corrected chi connectivity index (χ0v) is 18.3. The van der Waals surface area contributed by atoms with Gasteiger partial charge in [-0.2, -0.15) is 5.10 Å². The van der Waals surface area contributed by atoms with Gasteiger partial charge in [0, 0.05) is 12.6 Å². The summed E-state index contributed by atoms with van der Waals surface area (Å²) in [5, 5.41) is 4.23.